The van der Waals surface area contributed by atoms with Gasteiger partial charge in [-0.25, -0.2) is 4.79 Å². The van der Waals surface area contributed by atoms with E-state index in [-0.39, 0.29) is 24.8 Å². The summed E-state index contributed by atoms with van der Waals surface area (Å²) in [4.78, 5) is 11.5. The van der Waals surface area contributed by atoms with Crippen LogP contribution in [0.15, 0.2) is 12.2 Å². The molecule has 0 aromatic rings. The summed E-state index contributed by atoms with van der Waals surface area (Å²) >= 11 is 0. The number of carbonyl (C=O) groups excluding carboxylic acids is 1. The Morgan fingerprint density at radius 2 is 1.68 bits per heavy atom. The zero-order valence-corrected chi connectivity index (χ0v) is 16.5. The number of allylic oxidation sites excluding steroid dienone is 1. The number of rotatable bonds is 15. The first-order valence-corrected chi connectivity index (χ1v) is 11.0. The van der Waals surface area contributed by atoms with Crippen molar-refractivity contribution in [3.8, 4) is 0 Å². The lowest BCUT2D eigenvalue weighted by Crippen LogP contribution is -2.29. The van der Waals surface area contributed by atoms with E-state index in [0.29, 0.717) is 0 Å². The average molecular weight is 378 g/mol. The van der Waals surface area contributed by atoms with Crippen molar-refractivity contribution in [2.24, 2.45) is 0 Å². The van der Waals surface area contributed by atoms with E-state index in [2.05, 4.69) is 12.2 Å². The third-order valence-electron chi connectivity index (χ3n) is 3.77. The van der Waals surface area contributed by atoms with Gasteiger partial charge in [0.25, 0.3) is 10.1 Å². The molecule has 1 unspecified atom stereocenters. The Morgan fingerprint density at radius 3 is 2.28 bits per heavy atom. The van der Waals surface area contributed by atoms with E-state index in [1.54, 1.807) is 6.92 Å². The molecule has 0 saturated carbocycles. The lowest BCUT2D eigenvalue weighted by Gasteiger charge is -2.10. The topological polar surface area (TPSA) is 92.7 Å². The highest BCUT2D eigenvalue weighted by molar-refractivity contribution is 7.85. The van der Waals surface area contributed by atoms with Gasteiger partial charge < -0.3 is 10.1 Å². The Balaban J connectivity index is 3.55. The number of hydrogen-bond donors (Lipinski definition) is 2. The maximum absolute atomic E-state index is 11.5. The number of hydrogen-bond acceptors (Lipinski definition) is 4. The first-order valence-electron chi connectivity index (χ1n) is 9.41. The first kappa shape index (κ1) is 23.9. The van der Waals surface area contributed by atoms with Crippen LogP contribution in [0, 0.1) is 0 Å². The van der Waals surface area contributed by atoms with Crippen LogP contribution in [-0.2, 0) is 14.9 Å². The summed E-state index contributed by atoms with van der Waals surface area (Å²) in [6, 6.07) is 0. The van der Waals surface area contributed by atoms with Gasteiger partial charge in [0.2, 0.25) is 0 Å². The highest BCUT2D eigenvalue weighted by atomic mass is 32.2. The third kappa shape index (κ3) is 19.1. The number of ether oxygens (including phenoxy) is 1. The van der Waals surface area contributed by atoms with Crippen molar-refractivity contribution in [3.05, 3.63) is 12.2 Å². The maximum Gasteiger partial charge on any atom is 0.407 e. The molecule has 0 saturated heterocycles. The Morgan fingerprint density at radius 1 is 1.08 bits per heavy atom. The Hall–Kier alpha value is -1.08. The van der Waals surface area contributed by atoms with E-state index in [9.17, 15) is 13.2 Å². The summed E-state index contributed by atoms with van der Waals surface area (Å²) < 4.78 is 34.7. The molecule has 25 heavy (non-hydrogen) atoms. The number of unbranched alkanes of at least 4 members (excludes halogenated alkanes) is 8. The molecule has 0 fully saturated rings. The fourth-order valence-electron chi connectivity index (χ4n) is 2.38. The van der Waals surface area contributed by atoms with Crippen LogP contribution in [0.4, 0.5) is 4.79 Å². The normalized spacial score (nSPS) is 13.1. The van der Waals surface area contributed by atoms with Gasteiger partial charge in [0.1, 0.15) is 6.10 Å². The summed E-state index contributed by atoms with van der Waals surface area (Å²) in [5.74, 6) is -0.374. The quantitative estimate of drug-likeness (QED) is 0.250. The molecule has 0 radical (unpaired) electrons. The van der Waals surface area contributed by atoms with E-state index in [1.807, 2.05) is 12.2 Å². The van der Waals surface area contributed by atoms with Crippen molar-refractivity contribution in [1.82, 2.24) is 5.32 Å². The first-order chi connectivity index (χ1) is 11.8. The Bertz CT molecular complexity index is 462. The zero-order chi connectivity index (χ0) is 19.0. The summed E-state index contributed by atoms with van der Waals surface area (Å²) in [5.41, 5.74) is 0. The van der Waals surface area contributed by atoms with Crippen molar-refractivity contribution < 1.29 is 22.5 Å². The highest BCUT2D eigenvalue weighted by Crippen LogP contribution is 2.10. The van der Waals surface area contributed by atoms with Gasteiger partial charge >= 0.3 is 6.09 Å². The molecule has 0 bridgehead atoms. The van der Waals surface area contributed by atoms with Crippen molar-refractivity contribution in [1.29, 1.82) is 0 Å². The molecule has 0 heterocycles. The van der Waals surface area contributed by atoms with Crippen LogP contribution < -0.4 is 5.32 Å². The lowest BCUT2D eigenvalue weighted by atomic mass is 10.1. The number of carbonyl (C=O) groups is 1. The summed E-state index contributed by atoms with van der Waals surface area (Å²) in [6.07, 6.45) is 14.4. The molecular weight excluding hydrogens is 342 g/mol. The van der Waals surface area contributed by atoms with Crippen molar-refractivity contribution in [3.63, 3.8) is 0 Å². The minimum Gasteiger partial charge on any atom is -0.442 e. The van der Waals surface area contributed by atoms with Gasteiger partial charge in [0.15, 0.2) is 0 Å². The van der Waals surface area contributed by atoms with Crippen molar-refractivity contribution in [2.75, 3.05) is 12.3 Å². The van der Waals surface area contributed by atoms with E-state index < -0.39 is 16.2 Å². The van der Waals surface area contributed by atoms with Crippen LogP contribution in [0.3, 0.4) is 0 Å². The van der Waals surface area contributed by atoms with E-state index >= 15 is 0 Å². The highest BCUT2D eigenvalue weighted by Gasteiger charge is 2.07. The molecule has 7 heteroatoms. The van der Waals surface area contributed by atoms with Crippen molar-refractivity contribution in [2.45, 2.75) is 84.2 Å². The number of amides is 1. The van der Waals surface area contributed by atoms with Gasteiger partial charge in [-0.1, -0.05) is 57.9 Å². The molecule has 0 aliphatic heterocycles. The SMILES string of the molecule is CCCCCCCCCC/C=C/C(C)OC(=O)NCCCS(=O)(=O)O. The molecule has 0 spiro atoms. The van der Waals surface area contributed by atoms with Crippen LogP contribution in [0.25, 0.3) is 0 Å². The van der Waals surface area contributed by atoms with Crippen LogP contribution in [0.1, 0.15) is 78.1 Å². The van der Waals surface area contributed by atoms with Gasteiger partial charge in [0, 0.05) is 6.54 Å². The van der Waals surface area contributed by atoms with Gasteiger partial charge in [-0.05, 0) is 32.3 Å². The number of alkyl carbamates (subject to hydrolysis) is 1. The summed E-state index contributed by atoms with van der Waals surface area (Å²) in [5, 5.41) is 2.45. The predicted molar refractivity (Wildman–Crippen MR) is 101 cm³/mol. The van der Waals surface area contributed by atoms with Crippen molar-refractivity contribution >= 4 is 16.2 Å². The lowest BCUT2D eigenvalue weighted by molar-refractivity contribution is 0.127. The molecule has 1 amide bonds. The Labute approximate surface area is 153 Å². The smallest absolute Gasteiger partial charge is 0.407 e. The van der Waals surface area contributed by atoms with Gasteiger partial charge in [-0.3, -0.25) is 4.55 Å². The minimum absolute atomic E-state index is 0.146. The second kappa shape index (κ2) is 15.2. The molecular formula is C18H35NO5S. The standard InChI is InChI=1S/C18H35NO5S/c1-3-4-5-6-7-8-9-10-11-12-14-17(2)24-18(20)19-15-13-16-25(21,22)23/h12,14,17H,3-11,13,15-16H2,1-2H3,(H,19,20)(H,21,22,23)/b14-12+. The second-order valence-corrected chi connectivity index (χ2v) is 7.94. The monoisotopic (exact) mass is 377 g/mol. The summed E-state index contributed by atoms with van der Waals surface area (Å²) in [7, 11) is -3.98. The Kier molecular flexibility index (Phi) is 14.5. The molecule has 148 valence electrons. The van der Waals surface area contributed by atoms with E-state index in [1.165, 1.54) is 44.9 Å². The molecule has 0 aliphatic carbocycles. The van der Waals surface area contributed by atoms with Crippen LogP contribution in [-0.4, -0.2) is 37.5 Å². The van der Waals surface area contributed by atoms with Gasteiger partial charge in [0.05, 0.1) is 5.75 Å². The molecule has 1 atom stereocenters. The molecule has 0 aromatic carbocycles. The molecule has 0 aromatic heterocycles. The molecule has 0 aliphatic rings. The summed E-state index contributed by atoms with van der Waals surface area (Å²) in [6.45, 7) is 4.15. The largest absolute Gasteiger partial charge is 0.442 e. The molecule has 0 rings (SSSR count). The van der Waals surface area contributed by atoms with E-state index in [4.69, 9.17) is 9.29 Å². The van der Waals surface area contributed by atoms with E-state index in [0.717, 1.165) is 12.8 Å². The minimum atomic E-state index is -3.98. The van der Waals surface area contributed by atoms with Crippen LogP contribution in [0.2, 0.25) is 0 Å². The van der Waals surface area contributed by atoms with Gasteiger partial charge in [-0.2, -0.15) is 8.42 Å². The molecule has 2 N–H and O–H groups in total. The zero-order valence-electron chi connectivity index (χ0n) is 15.7. The number of nitrogens with one attached hydrogen (secondary N) is 1. The molecule has 6 nitrogen and oxygen atoms in total. The maximum atomic E-state index is 11.5. The second-order valence-electron chi connectivity index (χ2n) is 6.37. The fraction of sp³-hybridized carbons (Fsp3) is 0.833. The average Bonchev–Trinajstić information content (AvgIpc) is 2.52. The third-order valence-corrected chi connectivity index (χ3v) is 4.58. The fourth-order valence-corrected chi connectivity index (χ4v) is 2.89. The van der Waals surface area contributed by atoms with Crippen LogP contribution in [0.5, 0.6) is 0 Å². The predicted octanol–water partition coefficient (Wildman–Crippen LogP) is 4.47. The van der Waals surface area contributed by atoms with Crippen LogP contribution >= 0.6 is 0 Å². The van der Waals surface area contributed by atoms with Gasteiger partial charge in [-0.15, -0.1) is 0 Å².